The van der Waals surface area contributed by atoms with Gasteiger partial charge >= 0.3 is 7.87 Å². The van der Waals surface area contributed by atoms with Gasteiger partial charge in [0.25, 0.3) is 0 Å². The summed E-state index contributed by atoms with van der Waals surface area (Å²) >= 11 is 0. The van der Waals surface area contributed by atoms with Crippen molar-refractivity contribution in [3.05, 3.63) is 119 Å². The van der Waals surface area contributed by atoms with E-state index in [0.717, 1.165) is 22.7 Å². The fourth-order valence-corrected chi connectivity index (χ4v) is 5.94. The van der Waals surface area contributed by atoms with Crippen LogP contribution in [0.5, 0.6) is 0 Å². The zero-order valence-electron chi connectivity index (χ0n) is 20.1. The molecule has 0 amide bonds. The maximum Gasteiger partial charge on any atom is 0.395 e. The highest BCUT2D eigenvalue weighted by atomic mass is 35.5. The molecule has 6 heteroatoms. The summed E-state index contributed by atoms with van der Waals surface area (Å²) in [5, 5.41) is 15.1. The Morgan fingerprint density at radius 3 is 0.706 bits per heavy atom. The molecule has 0 aromatic heterocycles. The van der Waals surface area contributed by atoms with Crippen LogP contribution in [-0.4, -0.2) is 0 Å². The van der Waals surface area contributed by atoms with E-state index >= 15 is 0 Å². The maximum absolute atomic E-state index is 3.79. The number of benzene rings is 4. The fraction of sp³-hybridized carbons (Fsp3) is 0.143. The van der Waals surface area contributed by atoms with Crippen molar-refractivity contribution in [2.45, 2.75) is 27.7 Å². The summed E-state index contributed by atoms with van der Waals surface area (Å²) in [6, 6.07) is 34.0. The molecule has 0 spiro atoms. The topological polar surface area (TPSA) is 48.1 Å². The smallest absolute Gasteiger partial charge is 0.395 e. The summed E-state index contributed by atoms with van der Waals surface area (Å²) in [4.78, 5) is 0. The molecule has 4 aromatic carbocycles. The van der Waals surface area contributed by atoms with Gasteiger partial charge in [-0.15, -0.1) is 0 Å². The zero-order valence-corrected chi connectivity index (χ0v) is 21.7. The first-order valence-corrected chi connectivity index (χ1v) is 13.0. The van der Waals surface area contributed by atoms with Crippen molar-refractivity contribution in [2.75, 3.05) is 20.3 Å². The minimum Gasteiger partial charge on any atom is -1.00 e. The second kappa shape index (κ2) is 11.3. The molecule has 0 unspecified atom stereocenters. The van der Waals surface area contributed by atoms with Crippen LogP contribution in [-0.2, 0) is 0 Å². The van der Waals surface area contributed by atoms with Crippen molar-refractivity contribution >= 4 is 30.6 Å². The van der Waals surface area contributed by atoms with Gasteiger partial charge in [-0.1, -0.05) is 70.8 Å². The standard InChI is InChI=1S/C28H32N4P.ClH/c1-21-5-13-25(14-6-21)29-33(30-26-15-7-22(2)8-16-26,31-27-17-9-23(3)10-18-27)32-28-19-11-24(4)12-20-28;/h5-20,29-32H,1-4H3;1H/q+1;/p-1. The summed E-state index contributed by atoms with van der Waals surface area (Å²) in [6.07, 6.45) is 0. The monoisotopic (exact) mass is 490 g/mol. The third kappa shape index (κ3) is 6.90. The van der Waals surface area contributed by atoms with Gasteiger partial charge in [0, 0.05) is 0 Å². The van der Waals surface area contributed by atoms with Crippen LogP contribution in [0.4, 0.5) is 22.7 Å². The zero-order chi connectivity index (χ0) is 23.3. The lowest BCUT2D eigenvalue weighted by atomic mass is 10.2. The molecule has 4 rings (SSSR count). The van der Waals surface area contributed by atoms with Gasteiger partial charge in [0.05, 0.1) is 22.7 Å². The molecule has 176 valence electrons. The average molecular weight is 491 g/mol. The molecule has 4 N–H and O–H groups in total. The molecule has 0 atom stereocenters. The Morgan fingerprint density at radius 2 is 0.529 bits per heavy atom. The second-order valence-corrected chi connectivity index (χ2v) is 10.8. The van der Waals surface area contributed by atoms with Crippen molar-refractivity contribution in [2.24, 2.45) is 0 Å². The molecule has 0 aliphatic heterocycles. The third-order valence-corrected chi connectivity index (χ3v) is 7.77. The lowest BCUT2D eigenvalue weighted by Crippen LogP contribution is -3.00. The Bertz CT molecular complexity index is 980. The summed E-state index contributed by atoms with van der Waals surface area (Å²) in [5.74, 6) is 0. The molecule has 0 saturated carbocycles. The number of rotatable bonds is 8. The molecular weight excluding hydrogens is 459 g/mol. The highest BCUT2D eigenvalue weighted by Crippen LogP contribution is 2.56. The predicted octanol–water partition coefficient (Wildman–Crippen LogP) is 5.35. The van der Waals surface area contributed by atoms with E-state index in [0.29, 0.717) is 0 Å². The molecule has 4 nitrogen and oxygen atoms in total. The van der Waals surface area contributed by atoms with E-state index in [1.807, 2.05) is 0 Å². The van der Waals surface area contributed by atoms with E-state index in [1.165, 1.54) is 22.3 Å². The molecule has 0 saturated heterocycles. The van der Waals surface area contributed by atoms with Gasteiger partial charge in [-0.05, 0) is 76.2 Å². The van der Waals surface area contributed by atoms with Crippen molar-refractivity contribution in [1.29, 1.82) is 0 Å². The van der Waals surface area contributed by atoms with Gasteiger partial charge in [-0.3, -0.25) is 0 Å². The number of halogens is 1. The minimum atomic E-state index is -2.44. The lowest BCUT2D eigenvalue weighted by Gasteiger charge is -2.30. The van der Waals surface area contributed by atoms with Crippen molar-refractivity contribution in [3.63, 3.8) is 0 Å². The average Bonchev–Trinajstić information content (AvgIpc) is 2.80. The first-order valence-electron chi connectivity index (χ1n) is 11.2. The Hall–Kier alpha value is -3.20. The van der Waals surface area contributed by atoms with Crippen molar-refractivity contribution in [3.8, 4) is 0 Å². The van der Waals surface area contributed by atoms with Crippen LogP contribution < -0.4 is 32.8 Å². The summed E-state index contributed by atoms with van der Waals surface area (Å²) in [5.41, 5.74) is 9.06. The molecule has 4 aromatic rings. The summed E-state index contributed by atoms with van der Waals surface area (Å²) < 4.78 is 0. The van der Waals surface area contributed by atoms with Gasteiger partial charge in [0.15, 0.2) is 0 Å². The van der Waals surface area contributed by atoms with E-state index < -0.39 is 7.87 Å². The van der Waals surface area contributed by atoms with E-state index in [-0.39, 0.29) is 12.4 Å². The molecule has 0 heterocycles. The number of nitrogens with one attached hydrogen (secondary N) is 4. The third-order valence-electron chi connectivity index (χ3n) is 5.39. The molecule has 0 radical (unpaired) electrons. The first-order chi connectivity index (χ1) is 15.9. The van der Waals surface area contributed by atoms with Crippen LogP contribution in [0.15, 0.2) is 97.1 Å². The maximum atomic E-state index is 3.79. The number of aryl methyl sites for hydroxylation is 4. The number of anilines is 4. The summed E-state index contributed by atoms with van der Waals surface area (Å²) in [7, 11) is -2.44. The van der Waals surface area contributed by atoms with E-state index in [9.17, 15) is 0 Å². The molecule has 0 fully saturated rings. The molecular formula is C28H32ClN4P. The SMILES string of the molecule is Cc1ccc(N[P+](Nc2ccc(C)cc2)(Nc2ccc(C)cc2)Nc2ccc(C)cc2)cc1.[Cl-]. The van der Waals surface area contributed by atoms with E-state index in [2.05, 4.69) is 145 Å². The summed E-state index contributed by atoms with van der Waals surface area (Å²) in [6.45, 7) is 8.41. The van der Waals surface area contributed by atoms with Crippen molar-refractivity contribution < 1.29 is 12.4 Å². The van der Waals surface area contributed by atoms with E-state index in [4.69, 9.17) is 0 Å². The Balaban J connectivity index is 0.00000324. The van der Waals surface area contributed by atoms with Crippen molar-refractivity contribution in [1.82, 2.24) is 0 Å². The Labute approximate surface area is 210 Å². The molecule has 34 heavy (non-hydrogen) atoms. The van der Waals surface area contributed by atoms with Gasteiger partial charge in [0.2, 0.25) is 0 Å². The first kappa shape index (κ1) is 25.4. The quantitative estimate of drug-likeness (QED) is 0.251. The van der Waals surface area contributed by atoms with Crippen LogP contribution in [0.2, 0.25) is 0 Å². The number of hydrogen-bond acceptors (Lipinski definition) is 4. The van der Waals surface area contributed by atoms with Crippen LogP contribution in [0.25, 0.3) is 0 Å². The van der Waals surface area contributed by atoms with Crippen LogP contribution in [0.1, 0.15) is 22.3 Å². The largest absolute Gasteiger partial charge is 1.00 e. The molecule has 0 aliphatic carbocycles. The normalized spacial score (nSPS) is 10.7. The lowest BCUT2D eigenvalue weighted by molar-refractivity contribution is -0.00000691. The predicted molar refractivity (Wildman–Crippen MR) is 146 cm³/mol. The van der Waals surface area contributed by atoms with Crippen LogP contribution >= 0.6 is 7.87 Å². The minimum absolute atomic E-state index is 0. The Morgan fingerprint density at radius 1 is 0.353 bits per heavy atom. The fourth-order valence-electron chi connectivity index (χ4n) is 3.45. The Kier molecular flexibility index (Phi) is 8.44. The van der Waals surface area contributed by atoms with Gasteiger partial charge < -0.3 is 12.4 Å². The molecule has 0 bridgehead atoms. The van der Waals surface area contributed by atoms with Gasteiger partial charge in [0.1, 0.15) is 0 Å². The highest BCUT2D eigenvalue weighted by molar-refractivity contribution is 7.81. The van der Waals surface area contributed by atoms with Gasteiger partial charge in [-0.25, -0.2) is 20.3 Å². The number of hydrogen-bond donors (Lipinski definition) is 4. The van der Waals surface area contributed by atoms with Crippen LogP contribution in [0, 0.1) is 27.7 Å². The van der Waals surface area contributed by atoms with Crippen LogP contribution in [0.3, 0.4) is 0 Å². The second-order valence-electron chi connectivity index (χ2n) is 8.58. The molecule has 0 aliphatic rings. The highest BCUT2D eigenvalue weighted by Gasteiger charge is 2.41. The van der Waals surface area contributed by atoms with E-state index in [1.54, 1.807) is 0 Å². The van der Waals surface area contributed by atoms with Gasteiger partial charge in [-0.2, -0.15) is 0 Å².